The predicted octanol–water partition coefficient (Wildman–Crippen LogP) is 1.74. The fraction of sp³-hybridized carbons (Fsp3) is 0.400. The zero-order valence-electron chi connectivity index (χ0n) is 7.99. The van der Waals surface area contributed by atoms with Crippen molar-refractivity contribution in [2.45, 2.75) is 5.37 Å². The van der Waals surface area contributed by atoms with Gasteiger partial charge in [0.1, 0.15) is 0 Å². The molecule has 1 fully saturated rings. The van der Waals surface area contributed by atoms with Crippen molar-refractivity contribution in [1.82, 2.24) is 5.32 Å². The van der Waals surface area contributed by atoms with Gasteiger partial charge in [0.05, 0.1) is 12.5 Å². The number of methoxy groups -OCH3 is 1. The molecule has 1 heterocycles. The number of benzene rings is 1. The summed E-state index contributed by atoms with van der Waals surface area (Å²) >= 11 is 1.85. The van der Waals surface area contributed by atoms with E-state index >= 15 is 0 Å². The number of phenols is 1. The van der Waals surface area contributed by atoms with E-state index in [1.165, 1.54) is 0 Å². The molecule has 1 aromatic rings. The van der Waals surface area contributed by atoms with Crippen molar-refractivity contribution >= 4 is 11.8 Å². The number of nitrogens with one attached hydrogen (secondary N) is 1. The van der Waals surface area contributed by atoms with E-state index in [2.05, 4.69) is 5.32 Å². The van der Waals surface area contributed by atoms with Gasteiger partial charge in [-0.15, -0.1) is 11.8 Å². The van der Waals surface area contributed by atoms with E-state index in [0.717, 1.165) is 17.9 Å². The molecule has 0 aromatic heterocycles. The van der Waals surface area contributed by atoms with Gasteiger partial charge in [-0.2, -0.15) is 0 Å². The predicted molar refractivity (Wildman–Crippen MR) is 57.9 cm³/mol. The van der Waals surface area contributed by atoms with E-state index in [0.29, 0.717) is 11.1 Å². The lowest BCUT2D eigenvalue weighted by Gasteiger charge is -2.11. The summed E-state index contributed by atoms with van der Waals surface area (Å²) in [6.07, 6.45) is 0. The summed E-state index contributed by atoms with van der Waals surface area (Å²) in [6, 6.07) is 5.54. The molecule has 2 rings (SSSR count). The molecule has 0 spiro atoms. The molecule has 76 valence electrons. The van der Waals surface area contributed by atoms with Crippen LogP contribution in [0.2, 0.25) is 0 Å². The van der Waals surface area contributed by atoms with Crippen LogP contribution >= 0.6 is 11.8 Å². The Kier molecular flexibility index (Phi) is 2.84. The topological polar surface area (TPSA) is 41.5 Å². The van der Waals surface area contributed by atoms with Gasteiger partial charge in [0, 0.05) is 12.3 Å². The maximum atomic E-state index is 9.59. The number of aromatic hydroxyl groups is 1. The normalized spacial score (nSPS) is 21.1. The first-order valence-electron chi connectivity index (χ1n) is 4.53. The Balaban J connectivity index is 2.23. The molecule has 4 heteroatoms. The van der Waals surface area contributed by atoms with Crippen LogP contribution in [0.5, 0.6) is 11.5 Å². The standard InChI is InChI=1S/C10H13NO2S/c1-13-9-3-2-7(6-8(9)12)10-11-4-5-14-10/h2-3,6,10-12H,4-5H2,1H3. The largest absolute Gasteiger partial charge is 0.504 e. The number of hydrogen-bond donors (Lipinski definition) is 2. The Labute approximate surface area is 87.5 Å². The van der Waals surface area contributed by atoms with Gasteiger partial charge in [-0.1, -0.05) is 6.07 Å². The van der Waals surface area contributed by atoms with Crippen LogP contribution in [0.25, 0.3) is 0 Å². The molecule has 1 saturated heterocycles. The second-order valence-corrected chi connectivity index (χ2v) is 4.35. The van der Waals surface area contributed by atoms with Gasteiger partial charge < -0.3 is 15.2 Å². The summed E-state index contributed by atoms with van der Waals surface area (Å²) < 4.78 is 4.99. The molecule has 0 saturated carbocycles. The van der Waals surface area contributed by atoms with Crippen LogP contribution in [0.15, 0.2) is 18.2 Å². The average molecular weight is 211 g/mol. The Morgan fingerprint density at radius 2 is 2.43 bits per heavy atom. The molecular weight excluding hydrogens is 198 g/mol. The molecular formula is C10H13NO2S. The number of thioether (sulfide) groups is 1. The summed E-state index contributed by atoms with van der Waals surface area (Å²) in [5, 5.41) is 13.3. The summed E-state index contributed by atoms with van der Waals surface area (Å²) in [5.74, 6) is 1.85. The first-order valence-corrected chi connectivity index (χ1v) is 5.58. The van der Waals surface area contributed by atoms with E-state index in [-0.39, 0.29) is 5.75 Å². The third-order valence-corrected chi connectivity index (χ3v) is 3.43. The van der Waals surface area contributed by atoms with Crippen LogP contribution in [0.3, 0.4) is 0 Å². The first kappa shape index (κ1) is 9.68. The molecule has 0 aliphatic carbocycles. The van der Waals surface area contributed by atoms with Crippen molar-refractivity contribution in [2.24, 2.45) is 0 Å². The summed E-state index contributed by atoms with van der Waals surface area (Å²) in [4.78, 5) is 0. The molecule has 0 bridgehead atoms. The summed E-state index contributed by atoms with van der Waals surface area (Å²) in [6.45, 7) is 1.03. The zero-order valence-corrected chi connectivity index (χ0v) is 8.80. The lowest BCUT2D eigenvalue weighted by Crippen LogP contribution is -2.11. The van der Waals surface area contributed by atoms with Crippen molar-refractivity contribution < 1.29 is 9.84 Å². The fourth-order valence-corrected chi connectivity index (χ4v) is 2.56. The highest BCUT2D eigenvalue weighted by Gasteiger charge is 2.17. The molecule has 1 aliphatic rings. The average Bonchev–Trinajstić information content (AvgIpc) is 2.70. The molecule has 3 nitrogen and oxygen atoms in total. The maximum Gasteiger partial charge on any atom is 0.160 e. The summed E-state index contributed by atoms with van der Waals surface area (Å²) in [7, 11) is 1.55. The van der Waals surface area contributed by atoms with Crippen LogP contribution in [0.1, 0.15) is 10.9 Å². The second-order valence-electron chi connectivity index (χ2n) is 3.14. The Morgan fingerprint density at radius 3 is 3.00 bits per heavy atom. The smallest absolute Gasteiger partial charge is 0.160 e. The fourth-order valence-electron chi connectivity index (χ4n) is 1.51. The van der Waals surface area contributed by atoms with Gasteiger partial charge in [0.2, 0.25) is 0 Å². The van der Waals surface area contributed by atoms with E-state index in [4.69, 9.17) is 4.74 Å². The van der Waals surface area contributed by atoms with E-state index in [9.17, 15) is 5.11 Å². The van der Waals surface area contributed by atoms with Crippen LogP contribution in [0, 0.1) is 0 Å². The van der Waals surface area contributed by atoms with E-state index in [1.54, 1.807) is 19.2 Å². The number of phenolic OH excluding ortho intramolecular Hbond substituents is 1. The van der Waals surface area contributed by atoms with Crippen LogP contribution < -0.4 is 10.1 Å². The summed E-state index contributed by atoms with van der Waals surface area (Å²) in [5.41, 5.74) is 1.10. The number of ether oxygens (including phenoxy) is 1. The van der Waals surface area contributed by atoms with E-state index < -0.39 is 0 Å². The zero-order chi connectivity index (χ0) is 9.97. The van der Waals surface area contributed by atoms with Gasteiger partial charge >= 0.3 is 0 Å². The van der Waals surface area contributed by atoms with Crippen LogP contribution in [-0.2, 0) is 0 Å². The van der Waals surface area contributed by atoms with Crippen LogP contribution in [-0.4, -0.2) is 24.5 Å². The highest BCUT2D eigenvalue weighted by molar-refractivity contribution is 7.99. The van der Waals surface area contributed by atoms with Crippen molar-refractivity contribution in [3.8, 4) is 11.5 Å². The van der Waals surface area contributed by atoms with Crippen molar-refractivity contribution in [1.29, 1.82) is 0 Å². The first-order chi connectivity index (χ1) is 6.81. The Morgan fingerprint density at radius 1 is 1.57 bits per heavy atom. The molecule has 1 unspecified atom stereocenters. The molecule has 1 aromatic carbocycles. The molecule has 1 atom stereocenters. The van der Waals surface area contributed by atoms with Gasteiger partial charge in [-0.05, 0) is 17.7 Å². The van der Waals surface area contributed by atoms with Gasteiger partial charge in [-0.25, -0.2) is 0 Å². The highest BCUT2D eigenvalue weighted by Crippen LogP contribution is 2.34. The van der Waals surface area contributed by atoms with Crippen molar-refractivity contribution in [3.05, 3.63) is 23.8 Å². The minimum Gasteiger partial charge on any atom is -0.504 e. The lowest BCUT2D eigenvalue weighted by molar-refractivity contribution is 0.373. The molecule has 0 radical (unpaired) electrons. The second kappa shape index (κ2) is 4.11. The highest BCUT2D eigenvalue weighted by atomic mass is 32.2. The maximum absolute atomic E-state index is 9.59. The molecule has 14 heavy (non-hydrogen) atoms. The Bertz CT molecular complexity index is 324. The number of rotatable bonds is 2. The lowest BCUT2D eigenvalue weighted by atomic mass is 10.2. The van der Waals surface area contributed by atoms with E-state index in [1.807, 2.05) is 17.8 Å². The minimum absolute atomic E-state index is 0.208. The number of hydrogen-bond acceptors (Lipinski definition) is 4. The van der Waals surface area contributed by atoms with Gasteiger partial charge in [-0.3, -0.25) is 0 Å². The molecule has 2 N–H and O–H groups in total. The third kappa shape index (κ3) is 1.81. The quantitative estimate of drug-likeness (QED) is 0.782. The van der Waals surface area contributed by atoms with Crippen molar-refractivity contribution in [3.63, 3.8) is 0 Å². The molecule has 0 amide bonds. The van der Waals surface area contributed by atoms with Gasteiger partial charge in [0.15, 0.2) is 11.5 Å². The van der Waals surface area contributed by atoms with Crippen LogP contribution in [0.4, 0.5) is 0 Å². The SMILES string of the molecule is COc1ccc(C2NCCS2)cc1O. The van der Waals surface area contributed by atoms with Gasteiger partial charge in [0.25, 0.3) is 0 Å². The Hall–Kier alpha value is -0.870. The van der Waals surface area contributed by atoms with Crippen molar-refractivity contribution in [2.75, 3.05) is 19.4 Å². The third-order valence-electron chi connectivity index (χ3n) is 2.22. The minimum atomic E-state index is 0.208. The molecule has 1 aliphatic heterocycles. The monoisotopic (exact) mass is 211 g/mol.